The second-order valence-electron chi connectivity index (χ2n) is 9.44. The maximum Gasteiger partial charge on any atom is 0.328 e. The van der Waals surface area contributed by atoms with Gasteiger partial charge in [-0.05, 0) is 42.4 Å². The molecule has 0 aliphatic heterocycles. The maximum atomic E-state index is 13.2. The predicted molar refractivity (Wildman–Crippen MR) is 129 cm³/mol. The van der Waals surface area contributed by atoms with Crippen molar-refractivity contribution in [3.05, 3.63) is 29.8 Å². The van der Waals surface area contributed by atoms with Crippen LogP contribution in [0.5, 0.6) is 5.75 Å². The monoisotopic (exact) mass is 494 g/mol. The van der Waals surface area contributed by atoms with Gasteiger partial charge in [-0.15, -0.1) is 0 Å². The Balaban J connectivity index is 3.11. The molecule has 35 heavy (non-hydrogen) atoms. The Kier molecular flexibility index (Phi) is 12.2. The van der Waals surface area contributed by atoms with E-state index in [1.54, 1.807) is 12.1 Å². The average Bonchev–Trinajstić information content (AvgIpc) is 2.76. The maximum absolute atomic E-state index is 13.2. The van der Waals surface area contributed by atoms with Crippen LogP contribution >= 0.6 is 0 Å². The second kappa shape index (κ2) is 14.3. The number of aliphatic hydroxyl groups is 1. The number of aliphatic hydroxyl groups excluding tert-OH is 1. The number of aromatic hydroxyl groups is 1. The number of nitrogens with one attached hydrogen (secondary N) is 3. The SMILES string of the molecule is CC(C)CC(N)C(=O)NC(Cc1ccc(O)cc1)C(=O)NC(CC(C)C)C(=O)NC(CO)C(=O)O. The number of rotatable bonds is 14. The summed E-state index contributed by atoms with van der Waals surface area (Å²) in [6, 6.07) is 1.58. The van der Waals surface area contributed by atoms with Crippen LogP contribution in [0, 0.1) is 11.8 Å². The fraction of sp³-hybridized carbons (Fsp3) is 0.583. The molecule has 0 saturated carbocycles. The number of benzene rings is 1. The van der Waals surface area contributed by atoms with E-state index in [2.05, 4.69) is 16.0 Å². The molecule has 0 bridgehead atoms. The number of amides is 3. The van der Waals surface area contributed by atoms with Crippen molar-refractivity contribution >= 4 is 23.7 Å². The topological polar surface area (TPSA) is 191 Å². The fourth-order valence-electron chi connectivity index (χ4n) is 3.40. The molecule has 1 rings (SSSR count). The Bertz CT molecular complexity index is 858. The third-order valence-corrected chi connectivity index (χ3v) is 5.21. The van der Waals surface area contributed by atoms with Crippen molar-refractivity contribution in [1.29, 1.82) is 0 Å². The summed E-state index contributed by atoms with van der Waals surface area (Å²) in [6.07, 6.45) is 0.675. The molecule has 1 aromatic carbocycles. The van der Waals surface area contributed by atoms with Crippen molar-refractivity contribution in [2.24, 2.45) is 17.6 Å². The van der Waals surface area contributed by atoms with Crippen LogP contribution in [-0.2, 0) is 25.6 Å². The first kappa shape index (κ1) is 29.9. The van der Waals surface area contributed by atoms with Gasteiger partial charge in [0.25, 0.3) is 0 Å². The predicted octanol–water partition coefficient (Wildman–Crippen LogP) is -0.114. The zero-order valence-corrected chi connectivity index (χ0v) is 20.7. The number of carboxylic acid groups (broad SMARTS) is 1. The van der Waals surface area contributed by atoms with Crippen LogP contribution in [0.2, 0.25) is 0 Å². The van der Waals surface area contributed by atoms with Gasteiger partial charge in [0.05, 0.1) is 12.6 Å². The molecule has 3 amide bonds. The van der Waals surface area contributed by atoms with E-state index in [4.69, 9.17) is 10.8 Å². The molecule has 0 aliphatic rings. The van der Waals surface area contributed by atoms with E-state index in [1.807, 2.05) is 27.7 Å². The molecule has 8 N–H and O–H groups in total. The minimum Gasteiger partial charge on any atom is -0.508 e. The summed E-state index contributed by atoms with van der Waals surface area (Å²) in [5.74, 6) is -3.18. The highest BCUT2D eigenvalue weighted by molar-refractivity contribution is 5.94. The number of nitrogens with two attached hydrogens (primary N) is 1. The lowest BCUT2D eigenvalue weighted by molar-refractivity contribution is -0.143. The summed E-state index contributed by atoms with van der Waals surface area (Å²) in [7, 11) is 0. The lowest BCUT2D eigenvalue weighted by atomic mass is 10.00. The lowest BCUT2D eigenvalue weighted by Crippen LogP contribution is -2.58. The van der Waals surface area contributed by atoms with Crippen LogP contribution in [0.3, 0.4) is 0 Å². The second-order valence-corrected chi connectivity index (χ2v) is 9.44. The number of phenols is 1. The van der Waals surface area contributed by atoms with Gasteiger partial charge in [-0.1, -0.05) is 39.8 Å². The van der Waals surface area contributed by atoms with Crippen LogP contribution in [0.4, 0.5) is 0 Å². The van der Waals surface area contributed by atoms with Crippen molar-refractivity contribution in [2.75, 3.05) is 6.61 Å². The van der Waals surface area contributed by atoms with Gasteiger partial charge >= 0.3 is 5.97 Å². The molecule has 0 heterocycles. The van der Waals surface area contributed by atoms with Gasteiger partial charge in [0, 0.05) is 6.42 Å². The van der Waals surface area contributed by atoms with Crippen LogP contribution in [0.1, 0.15) is 46.1 Å². The van der Waals surface area contributed by atoms with E-state index in [9.17, 15) is 29.4 Å². The number of carbonyl (C=O) groups is 4. The molecule has 0 aliphatic carbocycles. The molecule has 0 saturated heterocycles. The summed E-state index contributed by atoms with van der Waals surface area (Å²) in [5.41, 5.74) is 6.62. The summed E-state index contributed by atoms with van der Waals surface area (Å²) < 4.78 is 0. The minimum atomic E-state index is -1.52. The molecular formula is C24H38N4O7. The van der Waals surface area contributed by atoms with E-state index in [-0.39, 0.29) is 30.4 Å². The normalized spacial score (nSPS) is 14.6. The number of aliphatic carboxylic acids is 1. The molecule has 0 aromatic heterocycles. The highest BCUT2D eigenvalue weighted by atomic mass is 16.4. The van der Waals surface area contributed by atoms with Crippen LogP contribution in [0.15, 0.2) is 24.3 Å². The largest absolute Gasteiger partial charge is 0.508 e. The summed E-state index contributed by atoms with van der Waals surface area (Å²) in [6.45, 7) is 6.68. The van der Waals surface area contributed by atoms with Gasteiger partial charge in [-0.3, -0.25) is 14.4 Å². The quantitative estimate of drug-likeness (QED) is 0.186. The van der Waals surface area contributed by atoms with Crippen molar-refractivity contribution in [3.8, 4) is 5.75 Å². The van der Waals surface area contributed by atoms with Gasteiger partial charge in [0.15, 0.2) is 0 Å². The van der Waals surface area contributed by atoms with E-state index in [1.165, 1.54) is 12.1 Å². The molecule has 11 heteroatoms. The first-order chi connectivity index (χ1) is 16.3. The van der Waals surface area contributed by atoms with Crippen molar-refractivity contribution in [1.82, 2.24) is 16.0 Å². The standard InChI is InChI=1S/C24H38N4O7/c1-13(2)9-17(25)21(31)26-19(11-15-5-7-16(30)8-6-15)23(33)27-18(10-14(3)4)22(32)28-20(12-29)24(34)35/h5-8,13-14,17-20,29-30H,9-12,25H2,1-4H3,(H,26,31)(H,27,33)(H,28,32)(H,34,35). The van der Waals surface area contributed by atoms with Gasteiger partial charge in [-0.25, -0.2) is 4.79 Å². The molecule has 11 nitrogen and oxygen atoms in total. The van der Waals surface area contributed by atoms with E-state index in [0.29, 0.717) is 12.0 Å². The molecule has 0 spiro atoms. The zero-order chi connectivity index (χ0) is 26.7. The molecule has 4 unspecified atom stereocenters. The third-order valence-electron chi connectivity index (χ3n) is 5.21. The molecule has 196 valence electrons. The van der Waals surface area contributed by atoms with E-state index in [0.717, 1.165) is 0 Å². The number of phenolic OH excluding ortho intramolecular Hbond substituents is 1. The fourth-order valence-corrected chi connectivity index (χ4v) is 3.40. The average molecular weight is 495 g/mol. The molecule has 0 fully saturated rings. The Morgan fingerprint density at radius 3 is 1.77 bits per heavy atom. The van der Waals surface area contributed by atoms with Crippen molar-refractivity contribution in [2.45, 2.75) is 71.1 Å². The summed E-state index contributed by atoms with van der Waals surface area (Å²) >= 11 is 0. The van der Waals surface area contributed by atoms with Crippen molar-refractivity contribution in [3.63, 3.8) is 0 Å². The van der Waals surface area contributed by atoms with Gasteiger partial charge in [-0.2, -0.15) is 0 Å². The Hall–Kier alpha value is -3.18. The van der Waals surface area contributed by atoms with Gasteiger partial charge < -0.3 is 37.0 Å². The number of carboxylic acids is 1. The van der Waals surface area contributed by atoms with Crippen LogP contribution in [-0.4, -0.2) is 69.8 Å². The van der Waals surface area contributed by atoms with Crippen LogP contribution in [0.25, 0.3) is 0 Å². The molecular weight excluding hydrogens is 456 g/mol. The Morgan fingerprint density at radius 1 is 0.800 bits per heavy atom. The Labute approximate surface area is 205 Å². The first-order valence-electron chi connectivity index (χ1n) is 11.6. The minimum absolute atomic E-state index is 0.0342. The number of carbonyl (C=O) groups excluding carboxylic acids is 3. The Morgan fingerprint density at radius 2 is 1.29 bits per heavy atom. The summed E-state index contributed by atoms with van der Waals surface area (Å²) in [4.78, 5) is 49.8. The van der Waals surface area contributed by atoms with E-state index < -0.39 is 54.5 Å². The van der Waals surface area contributed by atoms with E-state index >= 15 is 0 Å². The zero-order valence-electron chi connectivity index (χ0n) is 20.7. The smallest absolute Gasteiger partial charge is 0.328 e. The lowest BCUT2D eigenvalue weighted by Gasteiger charge is -2.26. The van der Waals surface area contributed by atoms with Gasteiger partial charge in [0.1, 0.15) is 23.9 Å². The highest BCUT2D eigenvalue weighted by Gasteiger charge is 2.30. The molecule has 1 aromatic rings. The van der Waals surface area contributed by atoms with Crippen LogP contribution < -0.4 is 21.7 Å². The summed E-state index contributed by atoms with van der Waals surface area (Å²) in [5, 5.41) is 35.3. The number of hydrogen-bond donors (Lipinski definition) is 7. The molecule has 4 atom stereocenters. The highest BCUT2D eigenvalue weighted by Crippen LogP contribution is 2.13. The first-order valence-corrected chi connectivity index (χ1v) is 11.6. The van der Waals surface area contributed by atoms with Crippen molar-refractivity contribution < 1.29 is 34.5 Å². The number of hydrogen-bond acceptors (Lipinski definition) is 7. The third kappa shape index (κ3) is 10.7. The van der Waals surface area contributed by atoms with Gasteiger partial charge in [0.2, 0.25) is 17.7 Å². The molecule has 0 radical (unpaired) electrons.